The van der Waals surface area contributed by atoms with Crippen molar-refractivity contribution in [2.24, 2.45) is 0 Å². The minimum atomic E-state index is -1.01. The highest BCUT2D eigenvalue weighted by atomic mass is 35.5. The number of benzene rings is 2. The van der Waals surface area contributed by atoms with E-state index in [1.54, 1.807) is 30.3 Å². The molecule has 0 atom stereocenters. The molecule has 3 rings (SSSR count). The molecule has 0 spiro atoms. The number of halogens is 1. The van der Waals surface area contributed by atoms with Crippen molar-refractivity contribution < 1.29 is 14.6 Å². The van der Waals surface area contributed by atoms with E-state index in [0.29, 0.717) is 22.1 Å². The molecule has 0 amide bonds. The second-order valence-electron chi connectivity index (χ2n) is 4.14. The molecule has 0 saturated heterocycles. The zero-order valence-corrected chi connectivity index (χ0v) is 10.5. The number of para-hydroxylation sites is 1. The Bertz CT molecular complexity index is 704. The minimum Gasteiger partial charge on any atom is -0.478 e. The van der Waals surface area contributed by atoms with Gasteiger partial charge in [0.05, 0.1) is 5.57 Å². The van der Waals surface area contributed by atoms with Crippen molar-refractivity contribution in [3.8, 4) is 11.5 Å². The fourth-order valence-electron chi connectivity index (χ4n) is 2.02. The van der Waals surface area contributed by atoms with E-state index in [-0.39, 0.29) is 5.57 Å². The molecule has 0 bridgehead atoms. The van der Waals surface area contributed by atoms with Gasteiger partial charge in [0.15, 0.2) is 0 Å². The van der Waals surface area contributed by atoms with Crippen molar-refractivity contribution in [3.63, 3.8) is 0 Å². The summed E-state index contributed by atoms with van der Waals surface area (Å²) in [6.07, 6.45) is 1.60. The van der Waals surface area contributed by atoms with Gasteiger partial charge in [-0.05, 0) is 30.3 Å². The predicted octanol–water partition coefficient (Wildman–Crippen LogP) is 4.07. The molecule has 3 nitrogen and oxygen atoms in total. The summed E-state index contributed by atoms with van der Waals surface area (Å²) in [6, 6.07) is 12.2. The molecule has 94 valence electrons. The third-order valence-electron chi connectivity index (χ3n) is 2.90. The van der Waals surface area contributed by atoms with Gasteiger partial charge in [-0.1, -0.05) is 29.8 Å². The summed E-state index contributed by atoms with van der Waals surface area (Å²) in [5.74, 6) is 0.106. The van der Waals surface area contributed by atoms with E-state index >= 15 is 0 Å². The van der Waals surface area contributed by atoms with Crippen LogP contribution in [0, 0.1) is 0 Å². The first-order chi connectivity index (χ1) is 9.15. The molecule has 0 aromatic heterocycles. The zero-order chi connectivity index (χ0) is 13.4. The molecule has 1 aliphatic rings. The Labute approximate surface area is 114 Å². The van der Waals surface area contributed by atoms with Crippen LogP contribution in [0.3, 0.4) is 0 Å². The van der Waals surface area contributed by atoms with Crippen molar-refractivity contribution >= 4 is 29.2 Å². The number of aliphatic carboxylic acids is 1. The van der Waals surface area contributed by atoms with Gasteiger partial charge in [0.25, 0.3) is 0 Å². The lowest BCUT2D eigenvalue weighted by Gasteiger charge is -2.09. The van der Waals surface area contributed by atoms with Crippen molar-refractivity contribution in [1.82, 2.24) is 0 Å². The molecule has 1 heterocycles. The molecule has 0 fully saturated rings. The molecular weight excluding hydrogens is 264 g/mol. The van der Waals surface area contributed by atoms with Crippen LogP contribution in [0.2, 0.25) is 5.02 Å². The second kappa shape index (κ2) is 4.44. The van der Waals surface area contributed by atoms with Crippen LogP contribution in [0.1, 0.15) is 11.1 Å². The van der Waals surface area contributed by atoms with Gasteiger partial charge in [-0.2, -0.15) is 0 Å². The van der Waals surface area contributed by atoms with Gasteiger partial charge in [0, 0.05) is 16.1 Å². The van der Waals surface area contributed by atoms with E-state index in [1.165, 1.54) is 0 Å². The van der Waals surface area contributed by atoms with Gasteiger partial charge in [-0.15, -0.1) is 0 Å². The number of rotatable bonds is 1. The normalized spacial score (nSPS) is 12.6. The lowest BCUT2D eigenvalue weighted by atomic mass is 10.0. The van der Waals surface area contributed by atoms with Crippen LogP contribution < -0.4 is 4.74 Å². The van der Waals surface area contributed by atoms with Crippen LogP contribution in [0.25, 0.3) is 11.6 Å². The first-order valence-corrected chi connectivity index (χ1v) is 6.05. The number of ether oxygens (including phenoxy) is 1. The van der Waals surface area contributed by atoms with Crippen LogP contribution in [-0.4, -0.2) is 11.1 Å². The Morgan fingerprint density at radius 2 is 1.89 bits per heavy atom. The topological polar surface area (TPSA) is 46.5 Å². The smallest absolute Gasteiger partial charge is 0.336 e. The highest BCUT2D eigenvalue weighted by Crippen LogP contribution is 2.39. The minimum absolute atomic E-state index is 0.169. The van der Waals surface area contributed by atoms with E-state index in [2.05, 4.69) is 0 Å². The van der Waals surface area contributed by atoms with E-state index in [0.717, 1.165) is 5.56 Å². The van der Waals surface area contributed by atoms with Crippen LogP contribution in [0.4, 0.5) is 0 Å². The lowest BCUT2D eigenvalue weighted by molar-refractivity contribution is -0.130. The van der Waals surface area contributed by atoms with E-state index in [4.69, 9.17) is 16.3 Å². The van der Waals surface area contributed by atoms with Crippen molar-refractivity contribution in [2.75, 3.05) is 0 Å². The fraction of sp³-hybridized carbons (Fsp3) is 0. The molecule has 19 heavy (non-hydrogen) atoms. The molecule has 2 aromatic carbocycles. The summed E-state index contributed by atoms with van der Waals surface area (Å²) in [7, 11) is 0. The average Bonchev–Trinajstić information content (AvgIpc) is 2.55. The SMILES string of the molecule is O=C(O)C1=Cc2ccccc2Oc2ccc(Cl)cc21. The summed E-state index contributed by atoms with van der Waals surface area (Å²) in [5.41, 5.74) is 1.38. The van der Waals surface area contributed by atoms with Crippen molar-refractivity contribution in [2.45, 2.75) is 0 Å². The van der Waals surface area contributed by atoms with Crippen LogP contribution in [-0.2, 0) is 4.79 Å². The summed E-state index contributed by atoms with van der Waals surface area (Å²) < 4.78 is 5.76. The maximum absolute atomic E-state index is 11.4. The highest BCUT2D eigenvalue weighted by molar-refractivity contribution is 6.31. The van der Waals surface area contributed by atoms with Crippen LogP contribution >= 0.6 is 11.6 Å². The molecule has 1 N–H and O–H groups in total. The predicted molar refractivity (Wildman–Crippen MR) is 73.5 cm³/mol. The third-order valence-corrected chi connectivity index (χ3v) is 3.14. The first-order valence-electron chi connectivity index (χ1n) is 5.67. The zero-order valence-electron chi connectivity index (χ0n) is 9.76. The number of carbonyl (C=O) groups is 1. The maximum atomic E-state index is 11.4. The highest BCUT2D eigenvalue weighted by Gasteiger charge is 2.21. The summed E-state index contributed by atoms with van der Waals surface area (Å²) >= 11 is 5.94. The molecule has 0 unspecified atom stereocenters. The second-order valence-corrected chi connectivity index (χ2v) is 4.58. The quantitative estimate of drug-likeness (QED) is 0.851. The van der Waals surface area contributed by atoms with Gasteiger partial charge in [-0.3, -0.25) is 0 Å². The molecule has 0 aliphatic carbocycles. The maximum Gasteiger partial charge on any atom is 0.336 e. The Morgan fingerprint density at radius 1 is 1.11 bits per heavy atom. The average molecular weight is 273 g/mol. The first kappa shape index (κ1) is 11.8. The molecule has 2 aromatic rings. The number of fused-ring (bicyclic) bond motifs is 2. The molecule has 0 saturated carbocycles. The number of carboxylic acids is 1. The Hall–Kier alpha value is -2.26. The van der Waals surface area contributed by atoms with Gasteiger partial charge in [0.1, 0.15) is 11.5 Å². The van der Waals surface area contributed by atoms with Crippen molar-refractivity contribution in [3.05, 3.63) is 58.6 Å². The number of carboxylic acid groups (broad SMARTS) is 1. The monoisotopic (exact) mass is 272 g/mol. The molecule has 0 radical (unpaired) electrons. The van der Waals surface area contributed by atoms with E-state index in [9.17, 15) is 9.90 Å². The Morgan fingerprint density at radius 3 is 2.68 bits per heavy atom. The van der Waals surface area contributed by atoms with Crippen LogP contribution in [0.5, 0.6) is 11.5 Å². The van der Waals surface area contributed by atoms with E-state index < -0.39 is 5.97 Å². The van der Waals surface area contributed by atoms with E-state index in [1.807, 2.05) is 18.2 Å². The fourth-order valence-corrected chi connectivity index (χ4v) is 2.20. The van der Waals surface area contributed by atoms with Gasteiger partial charge in [-0.25, -0.2) is 4.79 Å². The molecule has 4 heteroatoms. The van der Waals surface area contributed by atoms with Gasteiger partial charge >= 0.3 is 5.97 Å². The summed E-state index contributed by atoms with van der Waals surface area (Å²) in [6.45, 7) is 0. The largest absolute Gasteiger partial charge is 0.478 e. The van der Waals surface area contributed by atoms with Gasteiger partial charge in [0.2, 0.25) is 0 Å². The summed E-state index contributed by atoms with van der Waals surface area (Å²) in [4.78, 5) is 11.4. The standard InChI is InChI=1S/C15H9ClO3/c16-10-5-6-14-11(8-10)12(15(17)18)7-9-3-1-2-4-13(9)19-14/h1-8H,(H,17,18). The molecular formula is C15H9ClO3. The Kier molecular flexibility index (Phi) is 2.76. The summed E-state index contributed by atoms with van der Waals surface area (Å²) in [5, 5.41) is 9.83. The third kappa shape index (κ3) is 2.09. The molecule has 1 aliphatic heterocycles. The lowest BCUT2D eigenvalue weighted by Crippen LogP contribution is -1.99. The Balaban J connectivity index is 2.30. The van der Waals surface area contributed by atoms with Crippen LogP contribution in [0.15, 0.2) is 42.5 Å². The van der Waals surface area contributed by atoms with Gasteiger partial charge < -0.3 is 9.84 Å². The number of hydrogen-bond acceptors (Lipinski definition) is 2. The van der Waals surface area contributed by atoms with Crippen molar-refractivity contribution in [1.29, 1.82) is 0 Å². The number of hydrogen-bond donors (Lipinski definition) is 1.